The molecule has 2 nitrogen and oxygen atoms in total. The van der Waals surface area contributed by atoms with Gasteiger partial charge in [-0.1, -0.05) is 42.5 Å². The molecule has 1 atom stereocenters. The largest absolute Gasteiger partial charge is 0.297 e. The number of hydrogen-bond acceptors (Lipinski definition) is 4. The van der Waals surface area contributed by atoms with Crippen LogP contribution in [-0.2, 0) is 6.42 Å². The summed E-state index contributed by atoms with van der Waals surface area (Å²) in [4.78, 5) is 16.5. The predicted octanol–water partition coefficient (Wildman–Crippen LogP) is 4.84. The Morgan fingerprint density at radius 3 is 2.28 bits per heavy atom. The summed E-state index contributed by atoms with van der Waals surface area (Å²) < 4.78 is 0. The molecule has 2 rings (SSSR count). The van der Waals surface area contributed by atoms with Gasteiger partial charge in [0.05, 0.1) is 5.54 Å². The van der Waals surface area contributed by atoms with Crippen LogP contribution in [0.15, 0.2) is 59.5 Å². The van der Waals surface area contributed by atoms with Gasteiger partial charge in [-0.2, -0.15) is 12.6 Å². The molecule has 134 valence electrons. The van der Waals surface area contributed by atoms with E-state index in [1.54, 1.807) is 0 Å². The Morgan fingerprint density at radius 1 is 1.08 bits per heavy atom. The van der Waals surface area contributed by atoms with Gasteiger partial charge in [-0.3, -0.25) is 9.69 Å². The molecule has 0 saturated heterocycles. The van der Waals surface area contributed by atoms with Crippen LogP contribution in [0.4, 0.5) is 0 Å². The van der Waals surface area contributed by atoms with E-state index < -0.39 is 5.54 Å². The fourth-order valence-corrected chi connectivity index (χ4v) is 3.93. The normalized spacial score (nSPS) is 13.6. The number of benzene rings is 2. The fraction of sp³-hybridized carbons (Fsp3) is 0.381. The van der Waals surface area contributed by atoms with Gasteiger partial charge in [0, 0.05) is 10.5 Å². The van der Waals surface area contributed by atoms with Gasteiger partial charge in [-0.15, -0.1) is 11.8 Å². The molecule has 0 spiro atoms. The van der Waals surface area contributed by atoms with Crippen LogP contribution in [0.2, 0.25) is 0 Å². The van der Waals surface area contributed by atoms with Crippen LogP contribution in [0.25, 0.3) is 0 Å². The molecule has 0 radical (unpaired) electrons. The molecule has 0 saturated carbocycles. The molecular weight excluding hydrogens is 346 g/mol. The smallest absolute Gasteiger partial charge is 0.183 e. The number of thiol groups is 1. The summed E-state index contributed by atoms with van der Waals surface area (Å²) >= 11 is 6.05. The Kier molecular flexibility index (Phi) is 7.60. The van der Waals surface area contributed by atoms with Gasteiger partial charge in [0.1, 0.15) is 0 Å². The third kappa shape index (κ3) is 5.37. The number of carbonyl (C=O) groups is 1. The summed E-state index contributed by atoms with van der Waals surface area (Å²) in [5.41, 5.74) is 1.37. The Bertz CT molecular complexity index is 670. The summed E-state index contributed by atoms with van der Waals surface area (Å²) in [6.07, 6.45) is 1.78. The van der Waals surface area contributed by atoms with Crippen molar-refractivity contribution in [2.24, 2.45) is 0 Å². The number of carbonyl (C=O) groups excluding carboxylic acids is 1. The lowest BCUT2D eigenvalue weighted by molar-refractivity contribution is 0.0719. The lowest BCUT2D eigenvalue weighted by atomic mass is 9.84. The van der Waals surface area contributed by atoms with Gasteiger partial charge in [0.15, 0.2) is 5.78 Å². The lowest BCUT2D eigenvalue weighted by Crippen LogP contribution is -2.50. The molecule has 0 heterocycles. The molecule has 0 aliphatic rings. The van der Waals surface area contributed by atoms with Crippen molar-refractivity contribution in [2.45, 2.75) is 30.2 Å². The first-order valence-electron chi connectivity index (χ1n) is 8.57. The van der Waals surface area contributed by atoms with Gasteiger partial charge in [0.2, 0.25) is 0 Å². The van der Waals surface area contributed by atoms with Crippen molar-refractivity contribution in [1.29, 1.82) is 0 Å². The van der Waals surface area contributed by atoms with Crippen LogP contribution in [0.3, 0.4) is 0 Å². The summed E-state index contributed by atoms with van der Waals surface area (Å²) in [5.74, 6) is 2.12. The monoisotopic (exact) mass is 373 g/mol. The van der Waals surface area contributed by atoms with Crippen LogP contribution in [0.1, 0.15) is 29.3 Å². The van der Waals surface area contributed by atoms with E-state index in [1.807, 2.05) is 68.0 Å². The maximum Gasteiger partial charge on any atom is 0.183 e. The Labute approximate surface area is 161 Å². The molecule has 0 aliphatic heterocycles. The zero-order valence-corrected chi connectivity index (χ0v) is 16.9. The topological polar surface area (TPSA) is 20.3 Å². The van der Waals surface area contributed by atoms with E-state index in [-0.39, 0.29) is 5.78 Å². The highest BCUT2D eigenvalue weighted by Crippen LogP contribution is 2.26. The average Bonchev–Trinajstić information content (AvgIpc) is 2.62. The molecule has 0 amide bonds. The molecule has 1 unspecified atom stereocenters. The van der Waals surface area contributed by atoms with Gasteiger partial charge in [0.25, 0.3) is 0 Å². The summed E-state index contributed by atoms with van der Waals surface area (Å²) in [7, 11) is 3.95. The summed E-state index contributed by atoms with van der Waals surface area (Å²) in [6, 6.07) is 18.2. The molecule has 0 bridgehead atoms. The SMILES string of the molecule is CN(C)C(C)(Cc1ccccc1)C(=O)c1ccc(SCCCS)cc1. The predicted molar refractivity (Wildman–Crippen MR) is 112 cm³/mol. The van der Waals surface area contributed by atoms with E-state index in [4.69, 9.17) is 0 Å². The lowest BCUT2D eigenvalue weighted by Gasteiger charge is -2.35. The van der Waals surface area contributed by atoms with Crippen molar-refractivity contribution < 1.29 is 4.79 Å². The highest BCUT2D eigenvalue weighted by molar-refractivity contribution is 7.99. The maximum atomic E-state index is 13.2. The van der Waals surface area contributed by atoms with Crippen molar-refractivity contribution in [2.75, 3.05) is 25.6 Å². The first-order chi connectivity index (χ1) is 12.0. The fourth-order valence-electron chi connectivity index (χ4n) is 2.70. The standard InChI is InChI=1S/C21H27NOS2/c1-21(22(2)3,16-17-8-5-4-6-9-17)20(23)18-10-12-19(13-11-18)25-15-7-14-24/h4-6,8-13,24H,7,14-16H2,1-3H3. The van der Waals surface area contributed by atoms with Crippen molar-refractivity contribution >= 4 is 30.2 Å². The first-order valence-corrected chi connectivity index (χ1v) is 10.2. The van der Waals surface area contributed by atoms with E-state index >= 15 is 0 Å². The van der Waals surface area contributed by atoms with Crippen molar-refractivity contribution in [3.63, 3.8) is 0 Å². The Morgan fingerprint density at radius 2 is 1.72 bits per heavy atom. The summed E-state index contributed by atoms with van der Waals surface area (Å²) in [5, 5.41) is 0. The minimum absolute atomic E-state index is 0.160. The van der Waals surface area contributed by atoms with Crippen molar-refractivity contribution in [1.82, 2.24) is 4.90 Å². The minimum Gasteiger partial charge on any atom is -0.297 e. The number of thioether (sulfide) groups is 1. The minimum atomic E-state index is -0.567. The molecule has 0 aliphatic carbocycles. The molecule has 0 N–H and O–H groups in total. The Hall–Kier alpha value is -1.23. The number of hydrogen-bond donors (Lipinski definition) is 1. The van der Waals surface area contributed by atoms with E-state index in [1.165, 1.54) is 10.5 Å². The average molecular weight is 374 g/mol. The molecule has 0 aromatic heterocycles. The molecule has 0 fully saturated rings. The zero-order chi connectivity index (χ0) is 18.3. The van der Waals surface area contributed by atoms with Crippen LogP contribution in [0.5, 0.6) is 0 Å². The van der Waals surface area contributed by atoms with Crippen molar-refractivity contribution in [3.8, 4) is 0 Å². The first kappa shape index (κ1) is 20.1. The van der Waals surface area contributed by atoms with Crippen LogP contribution in [0, 0.1) is 0 Å². The van der Waals surface area contributed by atoms with Crippen LogP contribution in [-0.4, -0.2) is 41.8 Å². The second-order valence-corrected chi connectivity index (χ2v) is 8.23. The quantitative estimate of drug-likeness (QED) is 0.294. The molecule has 4 heteroatoms. The van der Waals surface area contributed by atoms with Gasteiger partial charge in [-0.05, 0) is 63.1 Å². The zero-order valence-electron chi connectivity index (χ0n) is 15.2. The van der Waals surface area contributed by atoms with Crippen molar-refractivity contribution in [3.05, 3.63) is 65.7 Å². The summed E-state index contributed by atoms with van der Waals surface area (Å²) in [6.45, 7) is 2.03. The van der Waals surface area contributed by atoms with Crippen LogP contribution < -0.4 is 0 Å². The number of likely N-dealkylation sites (N-methyl/N-ethyl adjacent to an activating group) is 1. The van der Waals surface area contributed by atoms with Gasteiger partial charge in [-0.25, -0.2) is 0 Å². The highest BCUT2D eigenvalue weighted by atomic mass is 32.2. The number of Topliss-reactive ketones (excluding diaryl/α,β-unsaturated/α-hetero) is 1. The van der Waals surface area contributed by atoms with E-state index in [0.717, 1.165) is 23.5 Å². The molecule has 2 aromatic rings. The second kappa shape index (κ2) is 9.46. The molecule has 25 heavy (non-hydrogen) atoms. The van der Waals surface area contributed by atoms with E-state index in [0.29, 0.717) is 6.42 Å². The molecule has 2 aromatic carbocycles. The highest BCUT2D eigenvalue weighted by Gasteiger charge is 2.36. The van der Waals surface area contributed by atoms with E-state index in [2.05, 4.69) is 36.9 Å². The number of ketones is 1. The maximum absolute atomic E-state index is 13.2. The van der Waals surface area contributed by atoms with Gasteiger partial charge < -0.3 is 0 Å². The molecular formula is C21H27NOS2. The number of nitrogens with zero attached hydrogens (tertiary/aromatic N) is 1. The van der Waals surface area contributed by atoms with Gasteiger partial charge >= 0.3 is 0 Å². The van der Waals surface area contributed by atoms with E-state index in [9.17, 15) is 4.79 Å². The Balaban J connectivity index is 2.16. The second-order valence-electron chi connectivity index (χ2n) is 6.61. The van der Waals surface area contributed by atoms with Crippen LogP contribution >= 0.6 is 24.4 Å². The third-order valence-corrected chi connectivity index (χ3v) is 5.97. The number of rotatable bonds is 9. The third-order valence-electron chi connectivity index (χ3n) is 4.56.